The lowest BCUT2D eigenvalue weighted by molar-refractivity contribution is 0.466. The van der Waals surface area contributed by atoms with E-state index in [1.807, 2.05) is 0 Å². The number of hydrogen-bond acceptors (Lipinski definition) is 2. The van der Waals surface area contributed by atoms with Crippen molar-refractivity contribution in [1.29, 1.82) is 0 Å². The molecule has 1 saturated carbocycles. The molecule has 1 nitrogen and oxygen atoms in total. The molecule has 0 unspecified atom stereocenters. The van der Waals surface area contributed by atoms with Gasteiger partial charge in [-0.3, -0.25) is 0 Å². The molecule has 0 spiro atoms. The predicted octanol–water partition coefficient (Wildman–Crippen LogP) is 2.26. The normalized spacial score (nSPS) is 16.5. The second-order valence-corrected chi connectivity index (χ2v) is 3.16. The lowest BCUT2D eigenvalue weighted by Crippen LogP contribution is -2.17. The van der Waals surface area contributed by atoms with Gasteiger partial charge in [0.2, 0.25) is 0 Å². The van der Waals surface area contributed by atoms with Gasteiger partial charge in [-0.15, -0.1) is 0 Å². The first-order valence-electron chi connectivity index (χ1n) is 3.76. The average Bonchev–Trinajstić information content (AvgIpc) is 1.82. The summed E-state index contributed by atoms with van der Waals surface area (Å²) in [5.41, 5.74) is 3.05. The summed E-state index contributed by atoms with van der Waals surface area (Å²) in [7, 11) is 2.09. The van der Waals surface area contributed by atoms with E-state index in [9.17, 15) is 0 Å². The molecule has 0 amide bonds. The zero-order valence-corrected chi connectivity index (χ0v) is 7.62. The topological polar surface area (TPSA) is 3.24 Å². The molecular weight excluding hydrogens is 142 g/mol. The molecule has 0 aromatic heterocycles. The summed E-state index contributed by atoms with van der Waals surface area (Å²) in [6.45, 7) is 2.19. The Bertz CT molecular complexity index is 145. The molecular formula is C8H15NS. The smallest absolute Gasteiger partial charge is 0.0603 e. The Balaban J connectivity index is 2.52. The highest BCUT2D eigenvalue weighted by molar-refractivity contribution is 7.80. The minimum atomic E-state index is 0.829. The van der Waals surface area contributed by atoms with Crippen molar-refractivity contribution in [2.45, 2.75) is 26.2 Å². The zero-order chi connectivity index (χ0) is 7.56. The van der Waals surface area contributed by atoms with Crippen LogP contribution in [0.2, 0.25) is 0 Å². The minimum absolute atomic E-state index is 0.829. The molecule has 1 rings (SSSR count). The molecule has 1 aliphatic rings. The summed E-state index contributed by atoms with van der Waals surface area (Å²) in [4.78, 5) is 2.19. The lowest BCUT2D eigenvalue weighted by atomic mass is 9.90. The third kappa shape index (κ3) is 1.48. The molecule has 1 aliphatic carbocycles. The molecule has 0 aromatic carbocycles. The van der Waals surface area contributed by atoms with E-state index in [1.165, 1.54) is 25.0 Å². The second-order valence-electron chi connectivity index (χ2n) is 2.88. The van der Waals surface area contributed by atoms with Crippen molar-refractivity contribution in [2.75, 3.05) is 12.9 Å². The monoisotopic (exact) mass is 157 g/mol. The van der Waals surface area contributed by atoms with Gasteiger partial charge in [0.25, 0.3) is 0 Å². The average molecular weight is 157 g/mol. The molecule has 58 valence electrons. The molecule has 0 aliphatic heterocycles. The third-order valence-electron chi connectivity index (χ3n) is 2.25. The summed E-state index contributed by atoms with van der Waals surface area (Å²) in [6.07, 6.45) is 4.00. The lowest BCUT2D eigenvalue weighted by Gasteiger charge is -2.26. The van der Waals surface area contributed by atoms with Crippen LogP contribution in [-0.4, -0.2) is 17.8 Å². The number of hydrogen-bond donors (Lipinski definition) is 1. The van der Waals surface area contributed by atoms with Gasteiger partial charge < -0.3 is 4.90 Å². The Kier molecular flexibility index (Phi) is 2.66. The molecule has 0 bridgehead atoms. The maximum absolute atomic E-state index is 4.20. The quantitative estimate of drug-likeness (QED) is 0.475. The van der Waals surface area contributed by atoms with Crippen molar-refractivity contribution >= 4 is 12.6 Å². The number of thiol groups is 1. The molecule has 10 heavy (non-hydrogen) atoms. The SMILES string of the molecule is CC(=C1CCC1)N(C)CS. The van der Waals surface area contributed by atoms with Gasteiger partial charge in [-0.1, -0.05) is 5.57 Å². The Morgan fingerprint density at radius 1 is 1.60 bits per heavy atom. The molecule has 1 fully saturated rings. The van der Waals surface area contributed by atoms with Crippen LogP contribution in [0.1, 0.15) is 26.2 Å². The number of nitrogens with zero attached hydrogens (tertiary/aromatic N) is 1. The van der Waals surface area contributed by atoms with Crippen LogP contribution in [0.25, 0.3) is 0 Å². The van der Waals surface area contributed by atoms with Gasteiger partial charge in [0, 0.05) is 12.7 Å². The summed E-state index contributed by atoms with van der Waals surface area (Å²) >= 11 is 4.20. The van der Waals surface area contributed by atoms with E-state index in [1.54, 1.807) is 5.57 Å². The van der Waals surface area contributed by atoms with E-state index in [2.05, 4.69) is 31.5 Å². The van der Waals surface area contributed by atoms with Gasteiger partial charge in [0.15, 0.2) is 0 Å². The second kappa shape index (κ2) is 3.33. The number of allylic oxidation sites excluding steroid dienone is 2. The summed E-state index contributed by atoms with van der Waals surface area (Å²) < 4.78 is 0. The van der Waals surface area contributed by atoms with E-state index in [0.717, 1.165) is 5.88 Å². The van der Waals surface area contributed by atoms with Crippen molar-refractivity contribution < 1.29 is 0 Å². The van der Waals surface area contributed by atoms with Crippen LogP contribution >= 0.6 is 12.6 Å². The first kappa shape index (κ1) is 7.99. The Hall–Kier alpha value is -0.110. The van der Waals surface area contributed by atoms with Crippen LogP contribution in [0.3, 0.4) is 0 Å². The van der Waals surface area contributed by atoms with Gasteiger partial charge >= 0.3 is 0 Å². The molecule has 2 heteroatoms. The van der Waals surface area contributed by atoms with Crippen molar-refractivity contribution in [3.8, 4) is 0 Å². The highest BCUT2D eigenvalue weighted by Gasteiger charge is 2.12. The summed E-state index contributed by atoms with van der Waals surface area (Å²) in [5, 5.41) is 0. The van der Waals surface area contributed by atoms with Gasteiger partial charge in [0.05, 0.1) is 5.88 Å². The van der Waals surface area contributed by atoms with Gasteiger partial charge in [-0.2, -0.15) is 12.6 Å². The van der Waals surface area contributed by atoms with Crippen LogP contribution < -0.4 is 0 Å². The Morgan fingerprint density at radius 3 is 2.50 bits per heavy atom. The van der Waals surface area contributed by atoms with E-state index in [4.69, 9.17) is 0 Å². The maximum Gasteiger partial charge on any atom is 0.0603 e. The van der Waals surface area contributed by atoms with Gasteiger partial charge in [0.1, 0.15) is 0 Å². The summed E-state index contributed by atoms with van der Waals surface area (Å²) in [5.74, 6) is 0.829. The van der Waals surface area contributed by atoms with Crippen LogP contribution in [0.5, 0.6) is 0 Å². The van der Waals surface area contributed by atoms with E-state index in [-0.39, 0.29) is 0 Å². The van der Waals surface area contributed by atoms with Crippen LogP contribution in [-0.2, 0) is 0 Å². The molecule has 0 atom stereocenters. The van der Waals surface area contributed by atoms with Crippen molar-refractivity contribution in [1.82, 2.24) is 4.90 Å². The Labute approximate surface area is 68.5 Å². The van der Waals surface area contributed by atoms with Gasteiger partial charge in [-0.25, -0.2) is 0 Å². The van der Waals surface area contributed by atoms with Gasteiger partial charge in [-0.05, 0) is 26.2 Å². The van der Waals surface area contributed by atoms with Crippen LogP contribution in [0.15, 0.2) is 11.3 Å². The zero-order valence-electron chi connectivity index (χ0n) is 6.72. The Morgan fingerprint density at radius 2 is 2.20 bits per heavy atom. The fourth-order valence-electron chi connectivity index (χ4n) is 1.09. The maximum atomic E-state index is 4.20. The highest BCUT2D eigenvalue weighted by atomic mass is 32.1. The molecule has 0 radical (unpaired) electrons. The predicted molar refractivity (Wildman–Crippen MR) is 48.2 cm³/mol. The molecule has 0 N–H and O–H groups in total. The highest BCUT2D eigenvalue weighted by Crippen LogP contribution is 2.29. The summed E-state index contributed by atoms with van der Waals surface area (Å²) in [6, 6.07) is 0. The van der Waals surface area contributed by atoms with Crippen LogP contribution in [0.4, 0.5) is 0 Å². The van der Waals surface area contributed by atoms with Crippen LogP contribution in [0, 0.1) is 0 Å². The number of rotatable bonds is 2. The van der Waals surface area contributed by atoms with E-state index < -0.39 is 0 Å². The van der Waals surface area contributed by atoms with Crippen molar-refractivity contribution in [3.63, 3.8) is 0 Å². The first-order chi connectivity index (χ1) is 4.75. The minimum Gasteiger partial charge on any atom is -0.369 e. The molecule has 0 heterocycles. The molecule has 0 saturated heterocycles. The largest absolute Gasteiger partial charge is 0.369 e. The molecule has 0 aromatic rings. The van der Waals surface area contributed by atoms with E-state index in [0.29, 0.717) is 0 Å². The first-order valence-corrected chi connectivity index (χ1v) is 4.39. The fraction of sp³-hybridized carbons (Fsp3) is 0.750. The fourth-order valence-corrected chi connectivity index (χ4v) is 1.30. The standard InChI is InChI=1S/C8H15NS/c1-7(9(2)6-10)8-4-3-5-8/h10H,3-6H2,1-2H3. The van der Waals surface area contributed by atoms with Crippen molar-refractivity contribution in [2.24, 2.45) is 0 Å². The van der Waals surface area contributed by atoms with Crippen molar-refractivity contribution in [3.05, 3.63) is 11.3 Å². The third-order valence-corrected chi connectivity index (χ3v) is 2.68. The van der Waals surface area contributed by atoms with E-state index >= 15 is 0 Å².